The molecule has 1 fully saturated rings. The van der Waals surface area contributed by atoms with Gasteiger partial charge in [0.1, 0.15) is 5.69 Å². The number of carbonyl (C=O) groups is 1. The second-order valence-electron chi connectivity index (χ2n) is 7.83. The Balaban J connectivity index is 1.35. The van der Waals surface area contributed by atoms with E-state index < -0.39 is 0 Å². The molecule has 3 aromatic rings. The molecule has 0 unspecified atom stereocenters. The number of nitro benzene ring substituents is 1. The molecule has 2 aromatic carbocycles. The van der Waals surface area contributed by atoms with Crippen LogP contribution in [0.2, 0.25) is 0 Å². The van der Waals surface area contributed by atoms with Crippen LogP contribution in [0.3, 0.4) is 0 Å². The summed E-state index contributed by atoms with van der Waals surface area (Å²) in [6.45, 7) is 1.75. The predicted octanol–water partition coefficient (Wildman–Crippen LogP) is 3.66. The van der Waals surface area contributed by atoms with Crippen LogP contribution < -0.4 is 4.90 Å². The second kappa shape index (κ2) is 8.99. The lowest BCUT2D eigenvalue weighted by Gasteiger charge is -2.34. The molecule has 0 radical (unpaired) electrons. The number of hydrogen-bond donors (Lipinski definition) is 0. The summed E-state index contributed by atoms with van der Waals surface area (Å²) >= 11 is 0. The highest BCUT2D eigenvalue weighted by Crippen LogP contribution is 2.31. The van der Waals surface area contributed by atoms with Crippen molar-refractivity contribution in [3.63, 3.8) is 0 Å². The molecular formula is C23H25N5O3. The van der Waals surface area contributed by atoms with Gasteiger partial charge >= 0.3 is 0 Å². The van der Waals surface area contributed by atoms with Crippen LogP contribution in [0.4, 0.5) is 11.4 Å². The Morgan fingerprint density at radius 2 is 1.81 bits per heavy atom. The first kappa shape index (κ1) is 20.6. The summed E-state index contributed by atoms with van der Waals surface area (Å²) < 4.78 is 1.80. The Labute approximate surface area is 180 Å². The monoisotopic (exact) mass is 419 g/mol. The van der Waals surface area contributed by atoms with Gasteiger partial charge in [-0.05, 0) is 31.0 Å². The van der Waals surface area contributed by atoms with Gasteiger partial charge in [-0.2, -0.15) is 5.10 Å². The van der Waals surface area contributed by atoms with Gasteiger partial charge in [-0.25, -0.2) is 4.68 Å². The van der Waals surface area contributed by atoms with Gasteiger partial charge in [0, 0.05) is 50.4 Å². The summed E-state index contributed by atoms with van der Waals surface area (Å²) in [7, 11) is 1.82. The Morgan fingerprint density at radius 1 is 1.13 bits per heavy atom. The maximum absolute atomic E-state index is 13.0. The van der Waals surface area contributed by atoms with Crippen LogP contribution in [-0.4, -0.2) is 45.6 Å². The van der Waals surface area contributed by atoms with Gasteiger partial charge in [0.15, 0.2) is 0 Å². The number of nitrogens with zero attached hydrogens (tertiary/aromatic N) is 5. The quantitative estimate of drug-likeness (QED) is 0.450. The van der Waals surface area contributed by atoms with Crippen molar-refractivity contribution in [3.8, 4) is 5.69 Å². The van der Waals surface area contributed by atoms with Crippen molar-refractivity contribution in [2.75, 3.05) is 25.0 Å². The van der Waals surface area contributed by atoms with E-state index in [1.54, 1.807) is 27.9 Å². The average molecular weight is 419 g/mol. The fourth-order valence-electron chi connectivity index (χ4n) is 4.08. The maximum atomic E-state index is 13.0. The molecule has 4 rings (SSSR count). The summed E-state index contributed by atoms with van der Waals surface area (Å²) in [6.07, 6.45) is 5.08. The summed E-state index contributed by atoms with van der Waals surface area (Å²) in [6, 6.07) is 16.6. The number of rotatable bonds is 6. The van der Waals surface area contributed by atoms with Gasteiger partial charge in [0.05, 0.1) is 16.8 Å². The van der Waals surface area contributed by atoms with Crippen LogP contribution in [0, 0.1) is 16.0 Å². The molecule has 160 valence electrons. The van der Waals surface area contributed by atoms with Gasteiger partial charge in [0.25, 0.3) is 5.69 Å². The molecule has 0 aliphatic carbocycles. The maximum Gasteiger partial charge on any atom is 0.292 e. The van der Waals surface area contributed by atoms with Gasteiger partial charge < -0.3 is 9.80 Å². The molecule has 1 aliphatic rings. The van der Waals surface area contributed by atoms with Crippen molar-refractivity contribution in [2.24, 2.45) is 5.92 Å². The largest absolute Gasteiger partial charge is 0.366 e. The Kier molecular flexibility index (Phi) is 5.97. The zero-order valence-corrected chi connectivity index (χ0v) is 17.4. The second-order valence-corrected chi connectivity index (χ2v) is 7.83. The first-order chi connectivity index (χ1) is 15.0. The lowest BCUT2D eigenvalue weighted by molar-refractivity contribution is -0.384. The normalized spacial score (nSPS) is 14.4. The lowest BCUT2D eigenvalue weighted by atomic mass is 9.94. The fraction of sp³-hybridized carbons (Fsp3) is 0.304. The third-order valence-electron chi connectivity index (χ3n) is 5.72. The first-order valence-corrected chi connectivity index (χ1v) is 10.4. The van der Waals surface area contributed by atoms with Crippen molar-refractivity contribution in [1.29, 1.82) is 0 Å². The van der Waals surface area contributed by atoms with Crippen molar-refractivity contribution in [1.82, 2.24) is 14.7 Å². The Morgan fingerprint density at radius 3 is 2.52 bits per heavy atom. The zero-order valence-electron chi connectivity index (χ0n) is 17.4. The minimum absolute atomic E-state index is 0.0758. The minimum Gasteiger partial charge on any atom is -0.366 e. The van der Waals surface area contributed by atoms with E-state index in [4.69, 9.17) is 0 Å². The third-order valence-corrected chi connectivity index (χ3v) is 5.72. The Bertz CT molecular complexity index is 1060. The number of carbonyl (C=O) groups excluding carboxylic acids is 1. The highest BCUT2D eigenvalue weighted by Gasteiger charge is 2.29. The molecule has 31 heavy (non-hydrogen) atoms. The minimum atomic E-state index is -0.351. The highest BCUT2D eigenvalue weighted by molar-refractivity contribution is 5.79. The highest BCUT2D eigenvalue weighted by atomic mass is 16.6. The topological polar surface area (TPSA) is 84.5 Å². The molecular weight excluding hydrogens is 394 g/mol. The van der Waals surface area contributed by atoms with Crippen LogP contribution in [-0.2, 0) is 11.3 Å². The SMILES string of the molecule is CN(Cc1cnn(-c2ccccc2)c1)C(=O)C1CCN(c2ccccc2[N+](=O)[O-])CC1. The molecule has 1 aromatic heterocycles. The van der Waals surface area contributed by atoms with Crippen molar-refractivity contribution >= 4 is 17.3 Å². The van der Waals surface area contributed by atoms with E-state index in [1.165, 1.54) is 6.07 Å². The van der Waals surface area contributed by atoms with E-state index in [-0.39, 0.29) is 22.4 Å². The fourth-order valence-corrected chi connectivity index (χ4v) is 4.08. The molecule has 1 saturated heterocycles. The molecule has 0 saturated carbocycles. The number of piperidine rings is 1. The van der Waals surface area contributed by atoms with Crippen LogP contribution in [0.5, 0.6) is 0 Å². The van der Waals surface area contributed by atoms with Crippen molar-refractivity contribution < 1.29 is 9.72 Å². The number of anilines is 1. The molecule has 0 atom stereocenters. The molecule has 1 amide bonds. The third kappa shape index (κ3) is 4.58. The molecule has 0 spiro atoms. The van der Waals surface area contributed by atoms with Crippen LogP contribution in [0.1, 0.15) is 18.4 Å². The van der Waals surface area contributed by atoms with E-state index in [2.05, 4.69) is 5.10 Å². The smallest absolute Gasteiger partial charge is 0.292 e. The number of aromatic nitrogens is 2. The van der Waals surface area contributed by atoms with Crippen LogP contribution >= 0.6 is 0 Å². The van der Waals surface area contributed by atoms with Gasteiger partial charge in [-0.15, -0.1) is 0 Å². The van der Waals surface area contributed by atoms with Gasteiger partial charge in [0.2, 0.25) is 5.91 Å². The molecule has 0 N–H and O–H groups in total. The molecule has 1 aliphatic heterocycles. The zero-order chi connectivity index (χ0) is 21.8. The summed E-state index contributed by atoms with van der Waals surface area (Å²) in [4.78, 5) is 27.7. The summed E-state index contributed by atoms with van der Waals surface area (Å²) in [5.74, 6) is 0.0304. The number of para-hydroxylation sites is 3. The van der Waals surface area contributed by atoms with Crippen molar-refractivity contribution in [3.05, 3.63) is 82.7 Å². The summed E-state index contributed by atoms with van der Waals surface area (Å²) in [5, 5.41) is 15.7. The summed E-state index contributed by atoms with van der Waals surface area (Å²) in [5.41, 5.74) is 2.68. The van der Waals surface area contributed by atoms with E-state index in [9.17, 15) is 14.9 Å². The molecule has 2 heterocycles. The van der Waals surface area contributed by atoms with Gasteiger partial charge in [-0.1, -0.05) is 30.3 Å². The van der Waals surface area contributed by atoms with Crippen LogP contribution in [0.25, 0.3) is 5.69 Å². The Hall–Kier alpha value is -3.68. The number of nitro groups is 1. The van der Waals surface area contributed by atoms with Crippen LogP contribution in [0.15, 0.2) is 67.0 Å². The number of amides is 1. The van der Waals surface area contributed by atoms with E-state index in [0.717, 1.165) is 11.3 Å². The standard InChI is InChI=1S/C23H25N5O3/c1-25(16-18-15-24-27(17-18)20-7-3-2-4-8-20)23(29)19-11-13-26(14-12-19)21-9-5-6-10-22(21)28(30)31/h2-10,15,17,19H,11-14,16H2,1H3. The molecule has 8 heteroatoms. The average Bonchev–Trinajstić information content (AvgIpc) is 3.27. The van der Waals surface area contributed by atoms with Gasteiger partial charge in [-0.3, -0.25) is 14.9 Å². The number of hydrogen-bond acceptors (Lipinski definition) is 5. The predicted molar refractivity (Wildman–Crippen MR) is 118 cm³/mol. The van der Waals surface area contributed by atoms with E-state index in [1.807, 2.05) is 54.5 Å². The van der Waals surface area contributed by atoms with E-state index >= 15 is 0 Å². The molecule has 0 bridgehead atoms. The van der Waals surface area contributed by atoms with Crippen molar-refractivity contribution in [2.45, 2.75) is 19.4 Å². The van der Waals surface area contributed by atoms with E-state index in [0.29, 0.717) is 38.2 Å². The number of benzene rings is 2. The lowest BCUT2D eigenvalue weighted by Crippen LogP contribution is -2.41. The first-order valence-electron chi connectivity index (χ1n) is 10.4. The molecule has 8 nitrogen and oxygen atoms in total.